The Morgan fingerprint density at radius 2 is 1.68 bits per heavy atom. The molecule has 0 bridgehead atoms. The third-order valence-corrected chi connectivity index (χ3v) is 8.28. The molecule has 1 N–H and O–H groups in total. The summed E-state index contributed by atoms with van der Waals surface area (Å²) in [6, 6.07) is 19.9. The van der Waals surface area contributed by atoms with Crippen molar-refractivity contribution in [2.24, 2.45) is 0 Å². The number of sulfonamides is 1. The van der Waals surface area contributed by atoms with Crippen LogP contribution in [0.4, 0.5) is 5.69 Å². The summed E-state index contributed by atoms with van der Waals surface area (Å²) >= 11 is 7.69. The van der Waals surface area contributed by atoms with Crippen molar-refractivity contribution in [2.45, 2.75) is 31.4 Å². The van der Waals surface area contributed by atoms with E-state index in [1.54, 1.807) is 42.1 Å². The lowest BCUT2D eigenvalue weighted by Crippen LogP contribution is -2.41. The summed E-state index contributed by atoms with van der Waals surface area (Å²) in [5, 5.41) is 3.55. The van der Waals surface area contributed by atoms with Gasteiger partial charge >= 0.3 is 0 Å². The van der Waals surface area contributed by atoms with E-state index in [1.807, 2.05) is 57.2 Å². The second kappa shape index (κ2) is 11.8. The highest BCUT2D eigenvalue weighted by Crippen LogP contribution is 2.27. The number of thioether (sulfide) groups is 1. The maximum Gasteiger partial charge on any atom is 0.264 e. The zero-order valence-corrected chi connectivity index (χ0v) is 21.9. The van der Waals surface area contributed by atoms with Gasteiger partial charge < -0.3 is 5.32 Å². The fourth-order valence-electron chi connectivity index (χ4n) is 3.49. The lowest BCUT2D eigenvalue weighted by molar-refractivity contribution is -0.119. The van der Waals surface area contributed by atoms with E-state index in [0.717, 1.165) is 28.0 Å². The number of hydrogen-bond acceptors (Lipinski definition) is 4. The molecule has 0 heterocycles. The smallest absolute Gasteiger partial charge is 0.264 e. The van der Waals surface area contributed by atoms with Gasteiger partial charge in [-0.2, -0.15) is 11.8 Å². The van der Waals surface area contributed by atoms with Crippen LogP contribution in [0, 0.1) is 20.8 Å². The van der Waals surface area contributed by atoms with Crippen molar-refractivity contribution in [2.75, 3.05) is 23.1 Å². The van der Waals surface area contributed by atoms with Crippen LogP contribution in [0.3, 0.4) is 0 Å². The molecule has 180 valence electrons. The zero-order valence-electron chi connectivity index (χ0n) is 19.5. The number of hydrogen-bond donors (Lipinski definition) is 1. The maximum absolute atomic E-state index is 13.5. The van der Waals surface area contributed by atoms with Crippen molar-refractivity contribution < 1.29 is 13.2 Å². The second-order valence-electron chi connectivity index (χ2n) is 8.15. The van der Waals surface area contributed by atoms with E-state index in [2.05, 4.69) is 5.32 Å². The van der Waals surface area contributed by atoms with Gasteiger partial charge in [0.1, 0.15) is 6.54 Å². The van der Waals surface area contributed by atoms with Crippen LogP contribution >= 0.6 is 23.4 Å². The van der Waals surface area contributed by atoms with Crippen molar-refractivity contribution in [1.82, 2.24) is 5.32 Å². The molecular weight excluding hydrogens is 488 g/mol. The Balaban J connectivity index is 1.68. The normalized spacial score (nSPS) is 11.3. The fourth-order valence-corrected chi connectivity index (χ4v) is 5.99. The topological polar surface area (TPSA) is 66.5 Å². The van der Waals surface area contributed by atoms with Gasteiger partial charge in [-0.25, -0.2) is 8.42 Å². The standard InChI is InChI=1S/C26H29ClN2O3S2/c1-19-7-10-24(11-8-19)34(31,32)29(25-12-9-20(2)15-21(25)3)17-26(30)28-13-14-33-18-22-5-4-6-23(27)16-22/h4-12,15-16H,13-14,17-18H2,1-3H3,(H,28,30). The van der Waals surface area contributed by atoms with Gasteiger partial charge in [-0.1, -0.05) is 59.1 Å². The minimum absolute atomic E-state index is 0.156. The molecule has 0 fully saturated rings. The number of carbonyl (C=O) groups is 1. The first-order valence-corrected chi connectivity index (χ1v) is 13.9. The SMILES string of the molecule is Cc1ccc(S(=O)(=O)N(CC(=O)NCCSCc2cccc(Cl)c2)c2ccc(C)cc2C)cc1. The summed E-state index contributed by atoms with van der Waals surface area (Å²) in [5.74, 6) is 1.14. The summed E-state index contributed by atoms with van der Waals surface area (Å²) in [6.07, 6.45) is 0. The molecule has 0 aliphatic heterocycles. The van der Waals surface area contributed by atoms with Crippen LogP contribution in [0.15, 0.2) is 71.6 Å². The molecule has 0 atom stereocenters. The molecule has 1 amide bonds. The first-order chi connectivity index (χ1) is 16.2. The average molecular weight is 517 g/mol. The molecule has 0 spiro atoms. The average Bonchev–Trinajstić information content (AvgIpc) is 2.78. The van der Waals surface area contributed by atoms with Gasteiger partial charge in [0.15, 0.2) is 0 Å². The highest BCUT2D eigenvalue weighted by atomic mass is 35.5. The molecule has 5 nitrogen and oxygen atoms in total. The van der Waals surface area contributed by atoms with Crippen LogP contribution in [0.1, 0.15) is 22.3 Å². The first-order valence-electron chi connectivity index (χ1n) is 10.9. The molecule has 0 radical (unpaired) electrons. The van der Waals surface area contributed by atoms with Gasteiger partial charge in [0.05, 0.1) is 10.6 Å². The third kappa shape index (κ3) is 7.01. The van der Waals surface area contributed by atoms with Crippen LogP contribution in [-0.4, -0.2) is 33.2 Å². The predicted octanol–water partition coefficient (Wildman–Crippen LogP) is 5.51. The number of rotatable bonds is 10. The molecule has 0 aliphatic rings. The molecule has 3 aromatic carbocycles. The van der Waals surface area contributed by atoms with Gasteiger partial charge in [0.2, 0.25) is 5.91 Å². The number of amides is 1. The lowest BCUT2D eigenvalue weighted by Gasteiger charge is -2.26. The number of nitrogens with zero attached hydrogens (tertiary/aromatic N) is 1. The van der Waals surface area contributed by atoms with E-state index in [4.69, 9.17) is 11.6 Å². The summed E-state index contributed by atoms with van der Waals surface area (Å²) in [6.45, 7) is 5.85. The quantitative estimate of drug-likeness (QED) is 0.361. The monoisotopic (exact) mass is 516 g/mol. The van der Waals surface area contributed by atoms with E-state index in [-0.39, 0.29) is 17.3 Å². The maximum atomic E-state index is 13.5. The molecule has 0 aromatic heterocycles. The summed E-state index contributed by atoms with van der Waals surface area (Å²) in [7, 11) is -3.92. The van der Waals surface area contributed by atoms with Crippen LogP contribution in [0.2, 0.25) is 5.02 Å². The largest absolute Gasteiger partial charge is 0.354 e. The van der Waals surface area contributed by atoms with Crippen molar-refractivity contribution in [3.63, 3.8) is 0 Å². The van der Waals surface area contributed by atoms with Gasteiger partial charge in [0.25, 0.3) is 10.0 Å². The molecule has 0 unspecified atom stereocenters. The first kappa shape index (κ1) is 26.1. The molecular formula is C26H29ClN2O3S2. The zero-order chi connectivity index (χ0) is 24.7. The Morgan fingerprint density at radius 3 is 2.35 bits per heavy atom. The van der Waals surface area contributed by atoms with E-state index in [1.165, 1.54) is 4.31 Å². The Bertz CT molecular complexity index is 1250. The molecule has 8 heteroatoms. The summed E-state index contributed by atoms with van der Waals surface area (Å²) < 4.78 is 28.2. The van der Waals surface area contributed by atoms with E-state index in [0.29, 0.717) is 23.0 Å². The number of carbonyl (C=O) groups excluding carboxylic acids is 1. The molecule has 0 saturated heterocycles. The Labute approximate surface area is 211 Å². The number of halogens is 1. The lowest BCUT2D eigenvalue weighted by atomic mass is 10.1. The molecule has 3 aromatic rings. The van der Waals surface area contributed by atoms with Crippen LogP contribution < -0.4 is 9.62 Å². The van der Waals surface area contributed by atoms with Crippen molar-refractivity contribution in [3.05, 3.63) is 94.0 Å². The summed E-state index contributed by atoms with van der Waals surface area (Å²) in [4.78, 5) is 12.9. The van der Waals surface area contributed by atoms with Crippen LogP contribution in [0.25, 0.3) is 0 Å². The Hall–Kier alpha value is -2.48. The van der Waals surface area contributed by atoms with Gasteiger partial charge in [-0.15, -0.1) is 0 Å². The van der Waals surface area contributed by atoms with Crippen molar-refractivity contribution in [3.8, 4) is 0 Å². The third-order valence-electron chi connectivity index (χ3n) is 5.24. The molecule has 0 aliphatic carbocycles. The Morgan fingerprint density at radius 1 is 0.971 bits per heavy atom. The number of benzene rings is 3. The molecule has 0 saturated carbocycles. The van der Waals surface area contributed by atoms with E-state index < -0.39 is 10.0 Å². The minimum atomic E-state index is -3.92. The summed E-state index contributed by atoms with van der Waals surface area (Å²) in [5.41, 5.74) is 4.39. The van der Waals surface area contributed by atoms with Crippen molar-refractivity contribution >= 4 is 45.0 Å². The highest BCUT2D eigenvalue weighted by Gasteiger charge is 2.28. The van der Waals surface area contributed by atoms with Gasteiger partial charge in [-0.3, -0.25) is 9.10 Å². The fraction of sp³-hybridized carbons (Fsp3) is 0.269. The predicted molar refractivity (Wildman–Crippen MR) is 142 cm³/mol. The van der Waals surface area contributed by atoms with E-state index in [9.17, 15) is 13.2 Å². The number of anilines is 1. The van der Waals surface area contributed by atoms with E-state index >= 15 is 0 Å². The van der Waals surface area contributed by atoms with Gasteiger partial charge in [0, 0.05) is 23.1 Å². The minimum Gasteiger partial charge on any atom is -0.354 e. The van der Waals surface area contributed by atoms with Crippen LogP contribution in [-0.2, 0) is 20.6 Å². The Kier molecular flexibility index (Phi) is 9.05. The highest BCUT2D eigenvalue weighted by molar-refractivity contribution is 7.98. The number of nitrogens with one attached hydrogen (secondary N) is 1. The number of aryl methyl sites for hydroxylation is 3. The van der Waals surface area contributed by atoms with Gasteiger partial charge in [-0.05, 0) is 62.2 Å². The van der Waals surface area contributed by atoms with Crippen LogP contribution in [0.5, 0.6) is 0 Å². The second-order valence-corrected chi connectivity index (χ2v) is 11.6. The van der Waals surface area contributed by atoms with Crippen molar-refractivity contribution in [1.29, 1.82) is 0 Å². The molecule has 3 rings (SSSR count). The molecule has 34 heavy (non-hydrogen) atoms.